The maximum atomic E-state index is 5.38. The topological polar surface area (TPSA) is 40.1 Å². The molecule has 0 aromatic heterocycles. The largest absolute Gasteiger partial charge is 0.377 e. The maximum absolute atomic E-state index is 5.38. The van der Waals surface area contributed by atoms with Crippen LogP contribution in [0.4, 0.5) is 5.69 Å². The number of nitrogens with zero attached hydrogens (tertiary/aromatic N) is 3. The van der Waals surface area contributed by atoms with Gasteiger partial charge >= 0.3 is 0 Å². The minimum atomic E-state index is 0. The summed E-state index contributed by atoms with van der Waals surface area (Å²) in [5.41, 5.74) is 4.15. The summed E-state index contributed by atoms with van der Waals surface area (Å²) in [4.78, 5) is 9.56. The van der Waals surface area contributed by atoms with Gasteiger partial charge in [-0.2, -0.15) is 0 Å². The molecule has 1 N–H and O–H groups in total. The van der Waals surface area contributed by atoms with Crippen LogP contribution in [0.3, 0.4) is 0 Å². The maximum Gasteiger partial charge on any atom is 0.193 e. The smallest absolute Gasteiger partial charge is 0.193 e. The van der Waals surface area contributed by atoms with E-state index in [2.05, 4.69) is 59.4 Å². The van der Waals surface area contributed by atoms with Crippen LogP contribution in [0.25, 0.3) is 0 Å². The zero-order chi connectivity index (χ0) is 19.6. The van der Waals surface area contributed by atoms with E-state index >= 15 is 0 Å². The molecule has 0 amide bonds. The molecule has 0 saturated carbocycles. The van der Waals surface area contributed by atoms with E-state index in [1.807, 2.05) is 0 Å². The van der Waals surface area contributed by atoms with E-state index in [1.54, 1.807) is 0 Å². The first-order valence-corrected chi connectivity index (χ1v) is 10.8. The number of hydrogen-bond donors (Lipinski definition) is 1. The van der Waals surface area contributed by atoms with Gasteiger partial charge in [0, 0.05) is 45.5 Å². The Hall–Kier alpha value is -1.28. The molecule has 2 aliphatic rings. The molecular formula is C23H37IN4O. The Bertz CT molecular complexity index is 653. The summed E-state index contributed by atoms with van der Waals surface area (Å²) in [5, 5.41) is 3.43. The third-order valence-electron chi connectivity index (χ3n) is 5.53. The second-order valence-corrected chi connectivity index (χ2v) is 7.74. The lowest BCUT2D eigenvalue weighted by Crippen LogP contribution is -2.38. The fourth-order valence-electron chi connectivity index (χ4n) is 3.88. The third-order valence-corrected chi connectivity index (χ3v) is 5.53. The van der Waals surface area contributed by atoms with Crippen LogP contribution >= 0.6 is 24.0 Å². The Balaban J connectivity index is 0.00000300. The van der Waals surface area contributed by atoms with Crippen molar-refractivity contribution in [3.8, 4) is 0 Å². The Morgan fingerprint density at radius 1 is 1.17 bits per heavy atom. The molecule has 0 aliphatic carbocycles. The van der Waals surface area contributed by atoms with Gasteiger partial charge in [0.2, 0.25) is 0 Å². The first-order valence-electron chi connectivity index (χ1n) is 10.8. The highest BCUT2D eigenvalue weighted by Gasteiger charge is 2.12. The van der Waals surface area contributed by atoms with E-state index < -0.39 is 0 Å². The molecule has 0 radical (unpaired) electrons. The fraction of sp³-hybridized carbons (Fsp3) is 0.609. The van der Waals surface area contributed by atoms with E-state index in [0.717, 1.165) is 51.6 Å². The molecule has 0 unspecified atom stereocenters. The van der Waals surface area contributed by atoms with Crippen LogP contribution in [0.2, 0.25) is 0 Å². The molecule has 6 heteroatoms. The summed E-state index contributed by atoms with van der Waals surface area (Å²) in [6, 6.07) is 9.07. The molecule has 1 aromatic rings. The van der Waals surface area contributed by atoms with Gasteiger partial charge in [-0.05, 0) is 56.7 Å². The summed E-state index contributed by atoms with van der Waals surface area (Å²) in [6.07, 6.45) is 8.28. The average Bonchev–Trinajstić information content (AvgIpc) is 2.75. The van der Waals surface area contributed by atoms with Crippen LogP contribution in [0.5, 0.6) is 0 Å². The van der Waals surface area contributed by atoms with E-state index in [4.69, 9.17) is 9.73 Å². The van der Waals surface area contributed by atoms with Gasteiger partial charge in [0.1, 0.15) is 0 Å². The van der Waals surface area contributed by atoms with Crippen molar-refractivity contribution in [2.24, 2.45) is 4.99 Å². The van der Waals surface area contributed by atoms with E-state index in [0.29, 0.717) is 0 Å². The van der Waals surface area contributed by atoms with E-state index in [1.165, 1.54) is 49.2 Å². The Labute approximate surface area is 193 Å². The lowest BCUT2D eigenvalue weighted by molar-refractivity contribution is 0.153. The van der Waals surface area contributed by atoms with Crippen LogP contribution in [-0.2, 0) is 11.3 Å². The monoisotopic (exact) mass is 512 g/mol. The van der Waals surface area contributed by atoms with Gasteiger partial charge in [0.25, 0.3) is 0 Å². The molecule has 162 valence electrons. The molecule has 3 rings (SSSR count). The number of rotatable bonds is 7. The first kappa shape index (κ1) is 24.0. The third kappa shape index (κ3) is 7.81. The molecule has 2 heterocycles. The van der Waals surface area contributed by atoms with Gasteiger partial charge in [0.05, 0.1) is 13.2 Å². The molecule has 0 spiro atoms. The molecule has 1 fully saturated rings. The van der Waals surface area contributed by atoms with Gasteiger partial charge in [-0.15, -0.1) is 24.0 Å². The Kier molecular flexibility index (Phi) is 10.8. The number of piperidine rings is 1. The van der Waals surface area contributed by atoms with Gasteiger partial charge in [0.15, 0.2) is 5.96 Å². The van der Waals surface area contributed by atoms with Gasteiger partial charge < -0.3 is 19.9 Å². The zero-order valence-corrected chi connectivity index (χ0v) is 20.4. The van der Waals surface area contributed by atoms with Crippen molar-refractivity contribution in [3.63, 3.8) is 0 Å². The highest BCUT2D eigenvalue weighted by Crippen LogP contribution is 2.20. The summed E-state index contributed by atoms with van der Waals surface area (Å²) >= 11 is 0. The highest BCUT2D eigenvalue weighted by atomic mass is 127. The van der Waals surface area contributed by atoms with Gasteiger partial charge in [-0.25, -0.2) is 0 Å². The second-order valence-electron chi connectivity index (χ2n) is 7.74. The van der Waals surface area contributed by atoms with Crippen LogP contribution in [0.1, 0.15) is 44.6 Å². The number of nitrogens with one attached hydrogen (secondary N) is 1. The fourth-order valence-corrected chi connectivity index (χ4v) is 3.88. The zero-order valence-electron chi connectivity index (χ0n) is 18.0. The number of anilines is 1. The van der Waals surface area contributed by atoms with Crippen LogP contribution < -0.4 is 10.2 Å². The number of ether oxygens (including phenoxy) is 1. The predicted octanol–water partition coefficient (Wildman–Crippen LogP) is 4.43. The lowest BCUT2D eigenvalue weighted by atomic mass is 10.1. The van der Waals surface area contributed by atoms with E-state index in [-0.39, 0.29) is 24.0 Å². The highest BCUT2D eigenvalue weighted by molar-refractivity contribution is 14.0. The quantitative estimate of drug-likeness (QED) is 0.254. The van der Waals surface area contributed by atoms with Crippen molar-refractivity contribution in [1.29, 1.82) is 0 Å². The standard InChI is InChI=1S/C23H36N4O.HI/c1-3-24-23(25-14-11-20-12-17-28-18-13-20)26(2)19-21-7-9-22(10-8-21)27-15-5-4-6-16-27;/h7-10,12H,3-6,11,13-19H2,1-2H3,(H,24,25);1H. The first-order chi connectivity index (χ1) is 13.8. The minimum absolute atomic E-state index is 0. The summed E-state index contributed by atoms with van der Waals surface area (Å²) in [7, 11) is 2.12. The molecule has 5 nitrogen and oxygen atoms in total. The Morgan fingerprint density at radius 3 is 2.59 bits per heavy atom. The van der Waals surface area contributed by atoms with Crippen LogP contribution in [-0.4, -0.2) is 57.3 Å². The van der Waals surface area contributed by atoms with Crippen LogP contribution in [0, 0.1) is 0 Å². The Morgan fingerprint density at radius 2 is 1.93 bits per heavy atom. The minimum Gasteiger partial charge on any atom is -0.377 e. The van der Waals surface area contributed by atoms with Crippen molar-refractivity contribution in [2.45, 2.75) is 45.6 Å². The average molecular weight is 512 g/mol. The second kappa shape index (κ2) is 13.1. The normalized spacial score (nSPS) is 17.4. The SMILES string of the molecule is CCNC(=NCCC1=CCOCC1)N(C)Cc1ccc(N2CCCCC2)cc1.I. The van der Waals surface area contributed by atoms with E-state index in [9.17, 15) is 0 Å². The van der Waals surface area contributed by atoms with Crippen molar-refractivity contribution < 1.29 is 4.74 Å². The number of aliphatic imine (C=N–C) groups is 1. The molecule has 2 aliphatic heterocycles. The molecule has 0 bridgehead atoms. The number of guanidine groups is 1. The molecule has 1 saturated heterocycles. The molecular weight excluding hydrogens is 475 g/mol. The summed E-state index contributed by atoms with van der Waals surface area (Å²) in [6.45, 7) is 8.69. The van der Waals surface area contributed by atoms with Crippen molar-refractivity contribution in [3.05, 3.63) is 41.5 Å². The summed E-state index contributed by atoms with van der Waals surface area (Å²) < 4.78 is 5.38. The molecule has 1 aromatic carbocycles. The predicted molar refractivity (Wildman–Crippen MR) is 134 cm³/mol. The van der Waals surface area contributed by atoms with Crippen molar-refractivity contribution in [1.82, 2.24) is 10.2 Å². The van der Waals surface area contributed by atoms with Crippen molar-refractivity contribution in [2.75, 3.05) is 51.3 Å². The number of benzene rings is 1. The molecule has 29 heavy (non-hydrogen) atoms. The number of halogens is 1. The van der Waals surface area contributed by atoms with Gasteiger partial charge in [-0.3, -0.25) is 4.99 Å². The van der Waals surface area contributed by atoms with Gasteiger partial charge in [-0.1, -0.05) is 23.8 Å². The van der Waals surface area contributed by atoms with Crippen molar-refractivity contribution >= 4 is 35.6 Å². The molecule has 0 atom stereocenters. The number of hydrogen-bond acceptors (Lipinski definition) is 3. The van der Waals surface area contributed by atoms with Crippen LogP contribution in [0.15, 0.2) is 40.9 Å². The summed E-state index contributed by atoms with van der Waals surface area (Å²) in [5.74, 6) is 0.982. The lowest BCUT2D eigenvalue weighted by Gasteiger charge is -2.29.